The van der Waals surface area contributed by atoms with Crippen LogP contribution in [0.15, 0.2) is 30.3 Å². The molecule has 0 saturated carbocycles. The zero-order valence-corrected chi connectivity index (χ0v) is 7.86. The molecule has 1 unspecified atom stereocenters. The van der Waals surface area contributed by atoms with Crippen molar-refractivity contribution in [3.05, 3.63) is 35.9 Å². The van der Waals surface area contributed by atoms with Crippen molar-refractivity contribution >= 4 is 6.29 Å². The summed E-state index contributed by atoms with van der Waals surface area (Å²) in [5.41, 5.74) is 1.30. The molecule has 1 rings (SSSR count). The van der Waals surface area contributed by atoms with E-state index in [2.05, 4.69) is 17.4 Å². The predicted molar refractivity (Wildman–Crippen MR) is 53.7 cm³/mol. The first-order valence-corrected chi connectivity index (χ1v) is 4.55. The number of carbonyl (C=O) groups is 1. The maximum absolute atomic E-state index is 10.3. The average Bonchev–Trinajstić information content (AvgIpc) is 2.19. The Kier molecular flexibility index (Phi) is 4.19. The highest BCUT2D eigenvalue weighted by atomic mass is 16.1. The summed E-state index contributed by atoms with van der Waals surface area (Å²) in [7, 11) is 0. The summed E-state index contributed by atoms with van der Waals surface area (Å²) in [5.74, 6) is 0. The summed E-state index contributed by atoms with van der Waals surface area (Å²) in [5, 5.41) is 3.11. The summed E-state index contributed by atoms with van der Waals surface area (Å²) < 4.78 is 0. The van der Waals surface area contributed by atoms with Gasteiger partial charge >= 0.3 is 0 Å². The highest BCUT2D eigenvalue weighted by molar-refractivity contribution is 5.56. The van der Waals surface area contributed by atoms with Gasteiger partial charge in [0, 0.05) is 0 Å². The number of benzene rings is 1. The van der Waals surface area contributed by atoms with Crippen molar-refractivity contribution in [2.45, 2.75) is 19.4 Å². The molecule has 1 atom stereocenters. The third kappa shape index (κ3) is 3.85. The van der Waals surface area contributed by atoms with Gasteiger partial charge in [0.05, 0.1) is 6.04 Å². The lowest BCUT2D eigenvalue weighted by molar-refractivity contribution is -0.109. The number of aldehydes is 1. The average molecular weight is 177 g/mol. The Morgan fingerprint density at radius 1 is 1.38 bits per heavy atom. The molecule has 13 heavy (non-hydrogen) atoms. The van der Waals surface area contributed by atoms with Crippen LogP contribution in [0.1, 0.15) is 12.5 Å². The molecule has 0 radical (unpaired) electrons. The minimum atomic E-state index is -0.0382. The SMILES string of the molecule is CC(C=O)NCCc1ccccc1. The summed E-state index contributed by atoms with van der Waals surface area (Å²) in [4.78, 5) is 10.3. The molecule has 0 aromatic heterocycles. The van der Waals surface area contributed by atoms with Gasteiger partial charge in [-0.05, 0) is 25.5 Å². The van der Waals surface area contributed by atoms with Crippen LogP contribution >= 0.6 is 0 Å². The first-order chi connectivity index (χ1) is 6.33. The molecule has 0 heterocycles. The third-order valence-electron chi connectivity index (χ3n) is 1.93. The van der Waals surface area contributed by atoms with E-state index in [-0.39, 0.29) is 6.04 Å². The molecule has 0 spiro atoms. The fourth-order valence-corrected chi connectivity index (χ4v) is 1.14. The highest BCUT2D eigenvalue weighted by Gasteiger charge is 1.96. The van der Waals surface area contributed by atoms with Crippen LogP contribution < -0.4 is 5.32 Å². The van der Waals surface area contributed by atoms with Crippen molar-refractivity contribution in [2.75, 3.05) is 6.54 Å². The molecule has 1 aromatic carbocycles. The Labute approximate surface area is 79.0 Å². The first-order valence-electron chi connectivity index (χ1n) is 4.55. The quantitative estimate of drug-likeness (QED) is 0.689. The van der Waals surface area contributed by atoms with Crippen LogP contribution in [0.4, 0.5) is 0 Å². The lowest BCUT2D eigenvalue weighted by Gasteiger charge is -2.06. The predicted octanol–water partition coefficient (Wildman–Crippen LogP) is 1.41. The zero-order chi connectivity index (χ0) is 9.52. The Morgan fingerprint density at radius 2 is 2.08 bits per heavy atom. The van der Waals surface area contributed by atoms with Gasteiger partial charge in [0.2, 0.25) is 0 Å². The number of hydrogen-bond donors (Lipinski definition) is 1. The molecule has 0 amide bonds. The highest BCUT2D eigenvalue weighted by Crippen LogP contribution is 1.98. The van der Waals surface area contributed by atoms with Crippen molar-refractivity contribution in [1.82, 2.24) is 5.32 Å². The number of hydrogen-bond acceptors (Lipinski definition) is 2. The van der Waals surface area contributed by atoms with E-state index < -0.39 is 0 Å². The van der Waals surface area contributed by atoms with E-state index in [0.717, 1.165) is 19.3 Å². The van der Waals surface area contributed by atoms with Crippen molar-refractivity contribution in [2.24, 2.45) is 0 Å². The lowest BCUT2D eigenvalue weighted by Crippen LogP contribution is -2.29. The molecule has 1 aromatic rings. The molecule has 0 aliphatic heterocycles. The molecule has 2 nitrogen and oxygen atoms in total. The molecule has 0 bridgehead atoms. The fourth-order valence-electron chi connectivity index (χ4n) is 1.14. The summed E-state index contributed by atoms with van der Waals surface area (Å²) in [6.07, 6.45) is 1.89. The van der Waals surface area contributed by atoms with Crippen molar-refractivity contribution in [3.63, 3.8) is 0 Å². The van der Waals surface area contributed by atoms with Crippen molar-refractivity contribution in [1.29, 1.82) is 0 Å². The Balaban J connectivity index is 2.24. The van der Waals surface area contributed by atoms with Crippen LogP contribution in [0.5, 0.6) is 0 Å². The van der Waals surface area contributed by atoms with Crippen LogP contribution in [0, 0.1) is 0 Å². The zero-order valence-electron chi connectivity index (χ0n) is 7.86. The molecule has 0 aliphatic rings. The van der Waals surface area contributed by atoms with Gasteiger partial charge in [0.15, 0.2) is 0 Å². The second-order valence-electron chi connectivity index (χ2n) is 3.11. The normalized spacial score (nSPS) is 12.4. The lowest BCUT2D eigenvalue weighted by atomic mass is 10.1. The van der Waals surface area contributed by atoms with Crippen LogP contribution in [0.3, 0.4) is 0 Å². The van der Waals surface area contributed by atoms with Gasteiger partial charge in [0.25, 0.3) is 0 Å². The maximum atomic E-state index is 10.3. The first kappa shape index (κ1) is 9.93. The van der Waals surface area contributed by atoms with Crippen LogP contribution in [0.25, 0.3) is 0 Å². The van der Waals surface area contributed by atoms with E-state index in [9.17, 15) is 4.79 Å². The van der Waals surface area contributed by atoms with Gasteiger partial charge in [-0.2, -0.15) is 0 Å². The second kappa shape index (κ2) is 5.49. The van der Waals surface area contributed by atoms with Gasteiger partial charge in [-0.15, -0.1) is 0 Å². The van der Waals surface area contributed by atoms with Gasteiger partial charge in [-0.25, -0.2) is 0 Å². The molecule has 0 saturated heterocycles. The summed E-state index contributed by atoms with van der Waals surface area (Å²) in [6, 6.07) is 10.2. The largest absolute Gasteiger partial charge is 0.308 e. The maximum Gasteiger partial charge on any atom is 0.136 e. The summed E-state index contributed by atoms with van der Waals surface area (Å²) in [6.45, 7) is 2.71. The van der Waals surface area contributed by atoms with Crippen molar-refractivity contribution in [3.8, 4) is 0 Å². The summed E-state index contributed by atoms with van der Waals surface area (Å²) >= 11 is 0. The Hall–Kier alpha value is -1.15. The minimum Gasteiger partial charge on any atom is -0.308 e. The van der Waals surface area contributed by atoms with Gasteiger partial charge in [-0.3, -0.25) is 0 Å². The van der Waals surface area contributed by atoms with E-state index in [1.165, 1.54) is 5.56 Å². The molecule has 1 N–H and O–H groups in total. The van der Waals surface area contributed by atoms with E-state index in [0.29, 0.717) is 0 Å². The third-order valence-corrected chi connectivity index (χ3v) is 1.93. The van der Waals surface area contributed by atoms with E-state index in [1.807, 2.05) is 25.1 Å². The van der Waals surface area contributed by atoms with Gasteiger partial charge in [-0.1, -0.05) is 30.3 Å². The molecule has 2 heteroatoms. The van der Waals surface area contributed by atoms with Crippen LogP contribution in [-0.2, 0) is 11.2 Å². The van der Waals surface area contributed by atoms with Crippen LogP contribution in [-0.4, -0.2) is 18.9 Å². The van der Waals surface area contributed by atoms with Crippen molar-refractivity contribution < 1.29 is 4.79 Å². The Morgan fingerprint density at radius 3 is 2.69 bits per heavy atom. The minimum absolute atomic E-state index is 0.0382. The smallest absolute Gasteiger partial charge is 0.136 e. The molecular formula is C11H15NO. The molecule has 0 fully saturated rings. The number of rotatable bonds is 5. The van der Waals surface area contributed by atoms with E-state index in [1.54, 1.807) is 0 Å². The monoisotopic (exact) mass is 177 g/mol. The number of nitrogens with one attached hydrogen (secondary N) is 1. The van der Waals surface area contributed by atoms with Gasteiger partial charge < -0.3 is 10.1 Å². The van der Waals surface area contributed by atoms with E-state index >= 15 is 0 Å². The second-order valence-corrected chi connectivity index (χ2v) is 3.11. The molecule has 70 valence electrons. The standard InChI is InChI=1S/C11H15NO/c1-10(9-13)12-8-7-11-5-3-2-4-6-11/h2-6,9-10,12H,7-8H2,1H3. The number of carbonyl (C=O) groups excluding carboxylic acids is 1. The van der Waals surface area contributed by atoms with E-state index in [4.69, 9.17) is 0 Å². The fraction of sp³-hybridized carbons (Fsp3) is 0.364. The molecular weight excluding hydrogens is 162 g/mol. The van der Waals surface area contributed by atoms with Gasteiger partial charge in [0.1, 0.15) is 6.29 Å². The van der Waals surface area contributed by atoms with Crippen LogP contribution in [0.2, 0.25) is 0 Å². The topological polar surface area (TPSA) is 29.1 Å². The molecule has 0 aliphatic carbocycles. The Bertz CT molecular complexity index is 246.